The number of nitrogens with one attached hydrogen (secondary N) is 1. The highest BCUT2D eigenvalue weighted by Crippen LogP contribution is 2.26. The van der Waals surface area contributed by atoms with Crippen LogP contribution in [-0.4, -0.2) is 68.1 Å². The largest absolute Gasteiger partial charge is 0.480 e. The second-order valence-corrected chi connectivity index (χ2v) is 7.28. The Labute approximate surface area is 162 Å². The second kappa shape index (κ2) is 9.72. The molecule has 1 N–H and O–H groups in total. The smallest absolute Gasteiger partial charge is 0.261 e. The highest BCUT2D eigenvalue weighted by Gasteiger charge is 2.19. The maximum absolute atomic E-state index is 12.6. The zero-order valence-electron chi connectivity index (χ0n) is 16.5. The van der Waals surface area contributed by atoms with Gasteiger partial charge in [0.15, 0.2) is 6.10 Å². The molecule has 1 heterocycles. The first-order valence-electron chi connectivity index (χ1n) is 10.0. The van der Waals surface area contributed by atoms with Gasteiger partial charge < -0.3 is 19.9 Å². The molecule has 0 saturated carbocycles. The van der Waals surface area contributed by atoms with Gasteiger partial charge in [-0.25, -0.2) is 0 Å². The van der Waals surface area contributed by atoms with Gasteiger partial charge in [-0.05, 0) is 37.9 Å². The van der Waals surface area contributed by atoms with E-state index in [-0.39, 0.29) is 5.91 Å². The lowest BCUT2D eigenvalue weighted by Crippen LogP contribution is -2.45. The summed E-state index contributed by atoms with van der Waals surface area (Å²) in [7, 11) is 2.17. The average molecular weight is 370 g/mol. The zero-order valence-corrected chi connectivity index (χ0v) is 16.5. The maximum Gasteiger partial charge on any atom is 0.261 e. The minimum Gasteiger partial charge on any atom is -0.480 e. The number of rotatable bonds is 8. The molecule has 0 bridgehead atoms. The van der Waals surface area contributed by atoms with Gasteiger partial charge in [0.2, 0.25) is 0 Å². The molecule has 0 radical (unpaired) electrons. The molecule has 0 unspecified atom stereocenters. The molecule has 1 fully saturated rings. The van der Waals surface area contributed by atoms with Crippen molar-refractivity contribution in [1.29, 1.82) is 0 Å². The van der Waals surface area contributed by atoms with Crippen LogP contribution in [0.5, 0.6) is 5.75 Å². The SMILES string of the molecule is CC[C@@H](Oc1cccc2ccccc12)C(=O)NCCCN1CCN(C)CC1. The Morgan fingerprint density at radius 3 is 2.63 bits per heavy atom. The average Bonchev–Trinajstić information content (AvgIpc) is 2.70. The van der Waals surface area contributed by atoms with E-state index in [1.807, 2.05) is 37.3 Å². The van der Waals surface area contributed by atoms with Crippen molar-refractivity contribution < 1.29 is 9.53 Å². The third-order valence-electron chi connectivity index (χ3n) is 5.23. The summed E-state index contributed by atoms with van der Waals surface area (Å²) in [5.41, 5.74) is 0. The third-order valence-corrected chi connectivity index (χ3v) is 5.23. The van der Waals surface area contributed by atoms with E-state index >= 15 is 0 Å². The van der Waals surface area contributed by atoms with Crippen molar-refractivity contribution in [2.24, 2.45) is 0 Å². The Bertz CT molecular complexity index is 736. The van der Waals surface area contributed by atoms with Gasteiger partial charge >= 0.3 is 0 Å². The minimum atomic E-state index is -0.459. The standard InChI is InChI=1S/C22H31N3O2/c1-3-20(27-21-11-6-9-18-8-4-5-10-19(18)21)22(26)23-12-7-13-25-16-14-24(2)15-17-25/h4-6,8-11,20H,3,7,12-17H2,1-2H3,(H,23,26)/t20-/m1/s1. The lowest BCUT2D eigenvalue weighted by atomic mass is 10.1. The Kier molecular flexibility index (Phi) is 7.07. The van der Waals surface area contributed by atoms with E-state index < -0.39 is 6.10 Å². The molecule has 27 heavy (non-hydrogen) atoms. The molecule has 0 aromatic heterocycles. The van der Waals surface area contributed by atoms with Crippen LogP contribution in [0.15, 0.2) is 42.5 Å². The van der Waals surface area contributed by atoms with Gasteiger partial charge in [0.05, 0.1) is 0 Å². The summed E-state index contributed by atoms with van der Waals surface area (Å²) in [6, 6.07) is 14.1. The molecule has 2 aromatic rings. The summed E-state index contributed by atoms with van der Waals surface area (Å²) in [4.78, 5) is 17.4. The van der Waals surface area contributed by atoms with E-state index in [2.05, 4.69) is 34.3 Å². The number of likely N-dealkylation sites (N-methyl/N-ethyl adjacent to an activating group) is 1. The predicted octanol–water partition coefficient (Wildman–Crippen LogP) is 2.75. The number of piperazine rings is 1. The van der Waals surface area contributed by atoms with Crippen LogP contribution in [0.4, 0.5) is 0 Å². The molecule has 0 spiro atoms. The number of nitrogens with zero attached hydrogens (tertiary/aromatic N) is 2. The van der Waals surface area contributed by atoms with Gasteiger partial charge in [0, 0.05) is 38.1 Å². The Morgan fingerprint density at radius 2 is 1.85 bits per heavy atom. The molecular weight excluding hydrogens is 338 g/mol. The van der Waals surface area contributed by atoms with Crippen LogP contribution in [0.2, 0.25) is 0 Å². The number of hydrogen-bond donors (Lipinski definition) is 1. The van der Waals surface area contributed by atoms with Crippen LogP contribution in [0.25, 0.3) is 10.8 Å². The fourth-order valence-corrected chi connectivity index (χ4v) is 3.47. The van der Waals surface area contributed by atoms with E-state index in [4.69, 9.17) is 4.74 Å². The van der Waals surface area contributed by atoms with Crippen LogP contribution in [-0.2, 0) is 4.79 Å². The summed E-state index contributed by atoms with van der Waals surface area (Å²) >= 11 is 0. The molecule has 1 saturated heterocycles. The first-order chi connectivity index (χ1) is 13.2. The molecule has 146 valence electrons. The Hall–Kier alpha value is -2.11. The maximum atomic E-state index is 12.6. The number of amides is 1. The van der Waals surface area contributed by atoms with Crippen molar-refractivity contribution in [3.05, 3.63) is 42.5 Å². The van der Waals surface area contributed by atoms with E-state index in [9.17, 15) is 4.79 Å². The van der Waals surface area contributed by atoms with Gasteiger partial charge in [-0.3, -0.25) is 4.79 Å². The minimum absolute atomic E-state index is 0.0242. The van der Waals surface area contributed by atoms with Crippen LogP contribution in [0.3, 0.4) is 0 Å². The molecule has 1 aliphatic heterocycles. The van der Waals surface area contributed by atoms with Gasteiger partial charge in [0.1, 0.15) is 5.75 Å². The second-order valence-electron chi connectivity index (χ2n) is 7.28. The number of hydrogen-bond acceptors (Lipinski definition) is 4. The lowest BCUT2D eigenvalue weighted by molar-refractivity contribution is -0.128. The summed E-state index contributed by atoms with van der Waals surface area (Å²) in [6.45, 7) is 8.21. The fraction of sp³-hybridized carbons (Fsp3) is 0.500. The molecule has 1 atom stereocenters. The van der Waals surface area contributed by atoms with Crippen molar-refractivity contribution in [2.45, 2.75) is 25.9 Å². The Morgan fingerprint density at radius 1 is 1.11 bits per heavy atom. The number of benzene rings is 2. The topological polar surface area (TPSA) is 44.8 Å². The van der Waals surface area contributed by atoms with Crippen molar-refractivity contribution in [2.75, 3.05) is 46.3 Å². The summed E-state index contributed by atoms with van der Waals surface area (Å²) in [6.07, 6.45) is 1.16. The number of fused-ring (bicyclic) bond motifs is 1. The van der Waals surface area contributed by atoms with Gasteiger partial charge in [-0.1, -0.05) is 43.3 Å². The van der Waals surface area contributed by atoms with E-state index in [0.29, 0.717) is 13.0 Å². The van der Waals surface area contributed by atoms with Crippen molar-refractivity contribution >= 4 is 16.7 Å². The van der Waals surface area contributed by atoms with Crippen molar-refractivity contribution in [3.63, 3.8) is 0 Å². The lowest BCUT2D eigenvalue weighted by Gasteiger charge is -2.32. The Balaban J connectivity index is 1.47. The van der Waals surface area contributed by atoms with Crippen LogP contribution < -0.4 is 10.1 Å². The zero-order chi connectivity index (χ0) is 19.1. The van der Waals surface area contributed by atoms with E-state index in [1.54, 1.807) is 0 Å². The van der Waals surface area contributed by atoms with Gasteiger partial charge in [0.25, 0.3) is 5.91 Å². The van der Waals surface area contributed by atoms with Crippen molar-refractivity contribution in [3.8, 4) is 5.75 Å². The highest BCUT2D eigenvalue weighted by atomic mass is 16.5. The number of carbonyl (C=O) groups is 1. The van der Waals surface area contributed by atoms with Gasteiger partial charge in [-0.15, -0.1) is 0 Å². The number of carbonyl (C=O) groups excluding carboxylic acids is 1. The predicted molar refractivity (Wildman–Crippen MR) is 110 cm³/mol. The summed E-state index contributed by atoms with van der Waals surface area (Å²) in [5.74, 6) is 0.747. The molecule has 1 amide bonds. The molecule has 5 nitrogen and oxygen atoms in total. The molecule has 0 aliphatic carbocycles. The van der Waals surface area contributed by atoms with E-state index in [0.717, 1.165) is 55.7 Å². The van der Waals surface area contributed by atoms with Crippen molar-refractivity contribution in [1.82, 2.24) is 15.1 Å². The first kappa shape index (κ1) is 19.6. The van der Waals surface area contributed by atoms with Gasteiger partial charge in [-0.2, -0.15) is 0 Å². The quantitative estimate of drug-likeness (QED) is 0.727. The van der Waals surface area contributed by atoms with Crippen LogP contribution in [0, 0.1) is 0 Å². The van der Waals surface area contributed by atoms with Crippen LogP contribution >= 0.6 is 0 Å². The molecular formula is C22H31N3O2. The molecule has 3 rings (SSSR count). The summed E-state index contributed by atoms with van der Waals surface area (Å²) in [5, 5.41) is 5.21. The summed E-state index contributed by atoms with van der Waals surface area (Å²) < 4.78 is 6.07. The normalized spacial score (nSPS) is 17.0. The molecule has 5 heteroatoms. The van der Waals surface area contributed by atoms with E-state index in [1.165, 1.54) is 0 Å². The fourth-order valence-electron chi connectivity index (χ4n) is 3.47. The monoisotopic (exact) mass is 369 g/mol. The molecule has 1 aliphatic rings. The highest BCUT2D eigenvalue weighted by molar-refractivity contribution is 5.89. The molecule has 2 aromatic carbocycles. The first-order valence-corrected chi connectivity index (χ1v) is 10.0. The number of ether oxygens (including phenoxy) is 1. The third kappa shape index (κ3) is 5.44. The van der Waals surface area contributed by atoms with Crippen LogP contribution in [0.1, 0.15) is 19.8 Å².